The van der Waals surface area contributed by atoms with Crippen molar-refractivity contribution in [1.82, 2.24) is 24.5 Å². The number of anilines is 3. The summed E-state index contributed by atoms with van der Waals surface area (Å²) in [6.07, 6.45) is 1.48. The Balaban J connectivity index is 1.49. The Labute approximate surface area is 185 Å². The zero-order valence-electron chi connectivity index (χ0n) is 16.6. The first-order valence-corrected chi connectivity index (χ1v) is 10.5. The molecule has 0 fully saturated rings. The summed E-state index contributed by atoms with van der Waals surface area (Å²) in [5.41, 5.74) is 8.03. The molecule has 0 amide bonds. The largest absolute Gasteiger partial charge is 0.368 e. The Kier molecular flexibility index (Phi) is 5.04. The molecule has 3 heterocycles. The Hall–Kier alpha value is -4.18. The summed E-state index contributed by atoms with van der Waals surface area (Å²) in [5.74, 6) is 0.141. The van der Waals surface area contributed by atoms with Crippen LogP contribution < -0.4 is 16.6 Å². The fourth-order valence-electron chi connectivity index (χ4n) is 3.29. The Morgan fingerprint density at radius 2 is 1.81 bits per heavy atom. The van der Waals surface area contributed by atoms with Crippen LogP contribution in [0.4, 0.5) is 22.0 Å². The highest BCUT2D eigenvalue weighted by Gasteiger charge is 2.14. The van der Waals surface area contributed by atoms with Gasteiger partial charge in [-0.15, -0.1) is 11.3 Å². The number of fused-ring (bicyclic) bond motifs is 1. The molecule has 0 atom stereocenters. The van der Waals surface area contributed by atoms with Gasteiger partial charge in [-0.3, -0.25) is 9.36 Å². The molecule has 0 unspecified atom stereocenters. The van der Waals surface area contributed by atoms with E-state index in [2.05, 4.69) is 25.3 Å². The van der Waals surface area contributed by atoms with Crippen molar-refractivity contribution < 1.29 is 4.39 Å². The van der Waals surface area contributed by atoms with Crippen molar-refractivity contribution in [3.05, 3.63) is 88.3 Å². The van der Waals surface area contributed by atoms with E-state index in [4.69, 9.17) is 5.73 Å². The van der Waals surface area contributed by atoms with Crippen LogP contribution in [0.2, 0.25) is 0 Å². The van der Waals surface area contributed by atoms with Crippen LogP contribution in [-0.2, 0) is 6.54 Å². The Morgan fingerprint density at radius 3 is 2.59 bits per heavy atom. The summed E-state index contributed by atoms with van der Waals surface area (Å²) in [6.45, 7) is 0.0661. The quantitative estimate of drug-likeness (QED) is 0.423. The number of nitrogens with zero attached hydrogens (tertiary/aromatic N) is 5. The fourth-order valence-corrected chi connectivity index (χ4v) is 4.20. The molecule has 2 aromatic carbocycles. The third-order valence-corrected chi connectivity index (χ3v) is 5.64. The van der Waals surface area contributed by atoms with Gasteiger partial charge >= 0.3 is 0 Å². The lowest BCUT2D eigenvalue weighted by Gasteiger charge is -2.09. The van der Waals surface area contributed by atoms with Gasteiger partial charge in [-0.1, -0.05) is 30.3 Å². The SMILES string of the molecule is Nc1nc(Cn2cnc3scc(-c4ccccc4)c3c2=O)nc(Nc2ccc(F)cc2)n1. The highest BCUT2D eigenvalue weighted by molar-refractivity contribution is 7.17. The molecule has 8 nitrogen and oxygen atoms in total. The van der Waals surface area contributed by atoms with Crippen molar-refractivity contribution in [2.24, 2.45) is 0 Å². The smallest absolute Gasteiger partial charge is 0.263 e. The van der Waals surface area contributed by atoms with E-state index in [9.17, 15) is 9.18 Å². The van der Waals surface area contributed by atoms with Crippen molar-refractivity contribution in [1.29, 1.82) is 0 Å². The van der Waals surface area contributed by atoms with E-state index in [-0.39, 0.29) is 29.8 Å². The maximum atomic E-state index is 13.3. The van der Waals surface area contributed by atoms with Gasteiger partial charge in [-0.25, -0.2) is 9.37 Å². The number of halogens is 1. The standard InChI is InChI=1S/C22H16FN7OS/c23-14-6-8-15(9-7-14)26-22-28-17(27-21(24)29-22)10-30-12-25-19-18(20(30)31)16(11-32-19)13-4-2-1-3-5-13/h1-9,11-12H,10H2,(H3,24,26,27,28,29). The van der Waals surface area contributed by atoms with Crippen molar-refractivity contribution >= 4 is 39.1 Å². The van der Waals surface area contributed by atoms with Gasteiger partial charge in [0.05, 0.1) is 18.3 Å². The van der Waals surface area contributed by atoms with E-state index in [1.165, 1.54) is 34.4 Å². The molecule has 0 aliphatic carbocycles. The summed E-state index contributed by atoms with van der Waals surface area (Å²) in [7, 11) is 0. The van der Waals surface area contributed by atoms with E-state index in [1.807, 2.05) is 35.7 Å². The van der Waals surface area contributed by atoms with Gasteiger partial charge < -0.3 is 11.1 Å². The molecule has 5 aromatic rings. The van der Waals surface area contributed by atoms with Crippen LogP contribution in [0, 0.1) is 5.82 Å². The molecular weight excluding hydrogens is 429 g/mol. The summed E-state index contributed by atoms with van der Waals surface area (Å²) in [4.78, 5) is 30.9. The second kappa shape index (κ2) is 8.16. The maximum absolute atomic E-state index is 13.3. The highest BCUT2D eigenvalue weighted by atomic mass is 32.1. The number of hydrogen-bond acceptors (Lipinski definition) is 8. The van der Waals surface area contributed by atoms with Crippen LogP contribution in [0.25, 0.3) is 21.3 Å². The van der Waals surface area contributed by atoms with Crippen molar-refractivity contribution in [3.8, 4) is 11.1 Å². The minimum atomic E-state index is -0.350. The highest BCUT2D eigenvalue weighted by Crippen LogP contribution is 2.30. The van der Waals surface area contributed by atoms with Gasteiger partial charge in [0.2, 0.25) is 11.9 Å². The molecule has 10 heteroatoms. The molecule has 0 spiro atoms. The molecule has 158 valence electrons. The second-order valence-electron chi connectivity index (χ2n) is 6.94. The molecule has 0 radical (unpaired) electrons. The molecule has 0 saturated heterocycles. The number of hydrogen-bond donors (Lipinski definition) is 2. The van der Waals surface area contributed by atoms with Gasteiger partial charge in [0.1, 0.15) is 10.6 Å². The lowest BCUT2D eigenvalue weighted by Crippen LogP contribution is -2.22. The molecule has 0 aliphatic rings. The number of aromatic nitrogens is 5. The number of thiophene rings is 1. The van der Waals surface area contributed by atoms with Gasteiger partial charge in [-0.05, 0) is 29.8 Å². The first-order valence-electron chi connectivity index (χ1n) is 9.62. The molecular formula is C22H16FN7OS. The van der Waals surface area contributed by atoms with E-state index in [0.717, 1.165) is 11.1 Å². The van der Waals surface area contributed by atoms with Crippen LogP contribution in [-0.4, -0.2) is 24.5 Å². The minimum absolute atomic E-state index is 0.00204. The fraction of sp³-hybridized carbons (Fsp3) is 0.0455. The summed E-state index contributed by atoms with van der Waals surface area (Å²) >= 11 is 1.42. The van der Waals surface area contributed by atoms with Crippen LogP contribution in [0.1, 0.15) is 5.82 Å². The monoisotopic (exact) mass is 445 g/mol. The molecule has 0 saturated carbocycles. The van der Waals surface area contributed by atoms with Crippen LogP contribution in [0.5, 0.6) is 0 Å². The average molecular weight is 445 g/mol. The number of nitrogen functional groups attached to an aromatic ring is 1. The predicted octanol–water partition coefficient (Wildman–Crippen LogP) is 3.82. The first kappa shape index (κ1) is 19.8. The topological polar surface area (TPSA) is 112 Å². The van der Waals surface area contributed by atoms with E-state index in [1.54, 1.807) is 12.1 Å². The van der Waals surface area contributed by atoms with Gasteiger partial charge in [-0.2, -0.15) is 15.0 Å². The first-order chi connectivity index (χ1) is 15.6. The molecule has 3 N–H and O–H groups in total. The summed E-state index contributed by atoms with van der Waals surface area (Å²) in [5, 5.41) is 5.44. The second-order valence-corrected chi connectivity index (χ2v) is 7.80. The lowest BCUT2D eigenvalue weighted by atomic mass is 10.1. The van der Waals surface area contributed by atoms with Gasteiger partial charge in [0, 0.05) is 16.6 Å². The summed E-state index contributed by atoms with van der Waals surface area (Å²) < 4.78 is 14.6. The molecule has 32 heavy (non-hydrogen) atoms. The minimum Gasteiger partial charge on any atom is -0.368 e. The zero-order chi connectivity index (χ0) is 22.1. The average Bonchev–Trinajstić information content (AvgIpc) is 3.23. The maximum Gasteiger partial charge on any atom is 0.263 e. The molecule has 0 bridgehead atoms. The van der Waals surface area contributed by atoms with Gasteiger partial charge in [0.15, 0.2) is 5.82 Å². The van der Waals surface area contributed by atoms with Crippen molar-refractivity contribution in [2.75, 3.05) is 11.1 Å². The number of rotatable bonds is 5. The summed E-state index contributed by atoms with van der Waals surface area (Å²) in [6, 6.07) is 15.4. The Bertz CT molecular complexity index is 1470. The van der Waals surface area contributed by atoms with Crippen LogP contribution in [0.3, 0.4) is 0 Å². The lowest BCUT2D eigenvalue weighted by molar-refractivity contribution is 0.628. The van der Waals surface area contributed by atoms with Crippen molar-refractivity contribution in [3.63, 3.8) is 0 Å². The van der Waals surface area contributed by atoms with E-state index >= 15 is 0 Å². The zero-order valence-corrected chi connectivity index (χ0v) is 17.4. The molecule has 3 aromatic heterocycles. The third-order valence-electron chi connectivity index (χ3n) is 4.76. The number of benzene rings is 2. The van der Waals surface area contributed by atoms with Crippen molar-refractivity contribution in [2.45, 2.75) is 6.54 Å². The molecule has 0 aliphatic heterocycles. The Morgan fingerprint density at radius 1 is 1.03 bits per heavy atom. The van der Waals surface area contributed by atoms with E-state index < -0.39 is 0 Å². The third kappa shape index (κ3) is 3.91. The number of nitrogens with one attached hydrogen (secondary N) is 1. The normalized spacial score (nSPS) is 11.0. The van der Waals surface area contributed by atoms with Crippen LogP contribution >= 0.6 is 11.3 Å². The predicted molar refractivity (Wildman–Crippen MR) is 122 cm³/mol. The van der Waals surface area contributed by atoms with Crippen LogP contribution in [0.15, 0.2) is 71.1 Å². The number of nitrogens with two attached hydrogens (primary N) is 1. The van der Waals surface area contributed by atoms with E-state index in [0.29, 0.717) is 21.7 Å². The molecule has 5 rings (SSSR count). The van der Waals surface area contributed by atoms with Gasteiger partial charge in [0.25, 0.3) is 5.56 Å².